The number of rotatable bonds is 4. The fourth-order valence-corrected chi connectivity index (χ4v) is 3.62. The van der Waals surface area contributed by atoms with Gasteiger partial charge in [-0.15, -0.1) is 10.2 Å². The molecule has 2 amide bonds. The van der Waals surface area contributed by atoms with Crippen molar-refractivity contribution in [2.45, 2.75) is 32.2 Å². The molecule has 1 aliphatic rings. The van der Waals surface area contributed by atoms with E-state index in [2.05, 4.69) is 20.6 Å². The fraction of sp³-hybridized carbons (Fsp3) is 0.400. The third-order valence-corrected chi connectivity index (χ3v) is 5.24. The van der Waals surface area contributed by atoms with Crippen LogP contribution in [-0.4, -0.2) is 48.6 Å². The normalized spacial score (nSPS) is 16.9. The lowest BCUT2D eigenvalue weighted by atomic mass is 9.97. The van der Waals surface area contributed by atoms with Gasteiger partial charge in [0.2, 0.25) is 0 Å². The van der Waals surface area contributed by atoms with Crippen LogP contribution in [0.1, 0.15) is 36.0 Å². The van der Waals surface area contributed by atoms with Crippen molar-refractivity contribution in [2.75, 3.05) is 18.4 Å². The minimum atomic E-state index is -0.0625. The van der Waals surface area contributed by atoms with Crippen LogP contribution in [0.15, 0.2) is 42.7 Å². The fourth-order valence-electron chi connectivity index (χ4n) is 3.62. The Morgan fingerprint density at radius 3 is 2.82 bits per heavy atom. The molecule has 8 heteroatoms. The number of nitrogens with zero attached hydrogens (tertiary/aromatic N) is 6. The molecule has 3 heterocycles. The van der Waals surface area contributed by atoms with Crippen molar-refractivity contribution in [1.29, 1.82) is 0 Å². The number of nitrogens with one attached hydrogen (secondary N) is 1. The Labute approximate surface area is 164 Å². The molecule has 0 radical (unpaired) electrons. The van der Waals surface area contributed by atoms with Gasteiger partial charge in [-0.3, -0.25) is 4.68 Å². The molecule has 0 spiro atoms. The number of piperidine rings is 1. The zero-order valence-corrected chi connectivity index (χ0v) is 16.2. The number of hydrogen-bond donors (Lipinski definition) is 1. The number of aryl methyl sites for hydroxylation is 1. The van der Waals surface area contributed by atoms with E-state index in [1.807, 2.05) is 64.6 Å². The summed E-state index contributed by atoms with van der Waals surface area (Å²) < 4.78 is 3.86. The van der Waals surface area contributed by atoms with Crippen LogP contribution in [0.2, 0.25) is 0 Å². The lowest BCUT2D eigenvalue weighted by Crippen LogP contribution is -2.42. The van der Waals surface area contributed by atoms with E-state index in [1.165, 1.54) is 5.56 Å². The van der Waals surface area contributed by atoms with E-state index in [-0.39, 0.29) is 11.9 Å². The zero-order chi connectivity index (χ0) is 19.5. The molecule has 1 atom stereocenters. The maximum absolute atomic E-state index is 12.7. The van der Waals surface area contributed by atoms with E-state index < -0.39 is 0 Å². The number of urea groups is 1. The van der Waals surface area contributed by atoms with Crippen molar-refractivity contribution in [2.24, 2.45) is 7.05 Å². The third kappa shape index (κ3) is 3.90. The summed E-state index contributed by atoms with van der Waals surface area (Å²) in [4.78, 5) is 14.6. The summed E-state index contributed by atoms with van der Waals surface area (Å²) >= 11 is 0. The van der Waals surface area contributed by atoms with Gasteiger partial charge in [-0.25, -0.2) is 4.79 Å². The van der Waals surface area contributed by atoms with Gasteiger partial charge >= 0.3 is 6.03 Å². The Kier molecular flexibility index (Phi) is 5.10. The first kappa shape index (κ1) is 18.2. The smallest absolute Gasteiger partial charge is 0.321 e. The molecule has 0 bridgehead atoms. The maximum atomic E-state index is 12.7. The van der Waals surface area contributed by atoms with Crippen molar-refractivity contribution in [3.8, 4) is 0 Å². The standard InChI is InChI=1S/C20H25N7O/c1-15-6-8-17(9-7-15)22-20(28)26-11-3-5-16(13-26)19-24-23-18(25(19)2)14-27-12-4-10-21-27/h4,6-10,12,16H,3,5,11,13-14H2,1-2H3,(H,22,28)/t16-/m1/s1. The summed E-state index contributed by atoms with van der Waals surface area (Å²) in [6.07, 6.45) is 5.62. The second-order valence-electron chi connectivity index (χ2n) is 7.32. The Morgan fingerprint density at radius 2 is 2.07 bits per heavy atom. The highest BCUT2D eigenvalue weighted by atomic mass is 16.2. The Morgan fingerprint density at radius 1 is 1.25 bits per heavy atom. The van der Waals surface area contributed by atoms with Crippen molar-refractivity contribution in [3.63, 3.8) is 0 Å². The molecule has 1 aliphatic heterocycles. The SMILES string of the molecule is Cc1ccc(NC(=O)N2CCC[C@@H](c3nnc(Cn4cccn4)n3C)C2)cc1. The minimum Gasteiger partial charge on any atom is -0.324 e. The summed E-state index contributed by atoms with van der Waals surface area (Å²) in [6.45, 7) is 4.01. The van der Waals surface area contributed by atoms with Crippen LogP contribution >= 0.6 is 0 Å². The molecule has 8 nitrogen and oxygen atoms in total. The van der Waals surface area contributed by atoms with E-state index in [0.29, 0.717) is 13.1 Å². The molecule has 0 saturated carbocycles. The molecular weight excluding hydrogens is 354 g/mol. The number of benzene rings is 1. The number of hydrogen-bond acceptors (Lipinski definition) is 4. The number of carbonyl (C=O) groups is 1. The van der Waals surface area contributed by atoms with Crippen molar-refractivity contribution < 1.29 is 4.79 Å². The number of aromatic nitrogens is 5. The molecule has 3 aromatic rings. The van der Waals surface area contributed by atoms with Gasteiger partial charge in [0.15, 0.2) is 5.82 Å². The molecule has 28 heavy (non-hydrogen) atoms. The van der Waals surface area contributed by atoms with Gasteiger partial charge in [-0.05, 0) is 38.0 Å². The van der Waals surface area contributed by atoms with Gasteiger partial charge in [0.25, 0.3) is 0 Å². The average Bonchev–Trinajstić information content (AvgIpc) is 3.34. The third-order valence-electron chi connectivity index (χ3n) is 5.24. The van der Waals surface area contributed by atoms with Crippen LogP contribution in [0.4, 0.5) is 10.5 Å². The first-order valence-corrected chi connectivity index (χ1v) is 9.58. The maximum Gasteiger partial charge on any atom is 0.321 e. The highest BCUT2D eigenvalue weighted by molar-refractivity contribution is 5.89. The van der Waals surface area contributed by atoms with Crippen LogP contribution in [0.3, 0.4) is 0 Å². The lowest BCUT2D eigenvalue weighted by Gasteiger charge is -2.32. The van der Waals surface area contributed by atoms with Gasteiger partial charge in [0.05, 0.1) is 0 Å². The molecule has 2 aromatic heterocycles. The van der Waals surface area contributed by atoms with Crippen LogP contribution < -0.4 is 5.32 Å². The van der Waals surface area contributed by atoms with Crippen molar-refractivity contribution in [1.82, 2.24) is 29.4 Å². The van der Waals surface area contributed by atoms with Crippen LogP contribution in [0.5, 0.6) is 0 Å². The van der Waals surface area contributed by atoms with Crippen molar-refractivity contribution >= 4 is 11.7 Å². The number of carbonyl (C=O) groups excluding carboxylic acids is 1. The second kappa shape index (κ2) is 7.84. The van der Waals surface area contributed by atoms with Crippen molar-refractivity contribution in [3.05, 3.63) is 59.9 Å². The average molecular weight is 379 g/mol. The first-order valence-electron chi connectivity index (χ1n) is 9.58. The van der Waals surface area contributed by atoms with Gasteiger partial charge < -0.3 is 14.8 Å². The highest BCUT2D eigenvalue weighted by Gasteiger charge is 2.28. The quantitative estimate of drug-likeness (QED) is 0.756. The topological polar surface area (TPSA) is 80.9 Å². The summed E-state index contributed by atoms with van der Waals surface area (Å²) in [5, 5.41) is 16.0. The van der Waals surface area contributed by atoms with E-state index in [9.17, 15) is 4.79 Å². The van der Waals surface area contributed by atoms with E-state index in [0.717, 1.165) is 36.7 Å². The van der Waals surface area contributed by atoms with Gasteiger partial charge in [0.1, 0.15) is 12.4 Å². The van der Waals surface area contributed by atoms with Crippen LogP contribution in [0.25, 0.3) is 0 Å². The molecule has 146 valence electrons. The van der Waals surface area contributed by atoms with E-state index in [1.54, 1.807) is 6.20 Å². The molecule has 0 unspecified atom stereocenters. The van der Waals surface area contributed by atoms with Gasteiger partial charge in [-0.1, -0.05) is 17.7 Å². The monoisotopic (exact) mass is 379 g/mol. The first-order chi connectivity index (χ1) is 13.6. The summed E-state index contributed by atoms with van der Waals surface area (Å²) in [5.74, 6) is 1.97. The number of amides is 2. The Balaban J connectivity index is 1.43. The van der Waals surface area contributed by atoms with Gasteiger partial charge in [-0.2, -0.15) is 5.10 Å². The summed E-state index contributed by atoms with van der Waals surface area (Å²) in [5.41, 5.74) is 1.99. The van der Waals surface area contributed by atoms with Crippen LogP contribution in [-0.2, 0) is 13.6 Å². The lowest BCUT2D eigenvalue weighted by molar-refractivity contribution is 0.190. The molecular formula is C20H25N7O. The largest absolute Gasteiger partial charge is 0.324 e. The second-order valence-corrected chi connectivity index (χ2v) is 7.32. The molecule has 1 N–H and O–H groups in total. The molecule has 1 saturated heterocycles. The molecule has 0 aliphatic carbocycles. The van der Waals surface area contributed by atoms with Crippen LogP contribution in [0, 0.1) is 6.92 Å². The molecule has 1 aromatic carbocycles. The molecule has 1 fully saturated rings. The molecule has 4 rings (SSSR count). The van der Waals surface area contributed by atoms with E-state index in [4.69, 9.17) is 0 Å². The zero-order valence-electron chi connectivity index (χ0n) is 16.2. The summed E-state index contributed by atoms with van der Waals surface area (Å²) in [6, 6.07) is 9.68. The number of anilines is 1. The van der Waals surface area contributed by atoms with Gasteiger partial charge in [0, 0.05) is 44.1 Å². The Bertz CT molecular complexity index is 930. The summed E-state index contributed by atoms with van der Waals surface area (Å²) in [7, 11) is 1.99. The Hall–Kier alpha value is -3.16. The predicted octanol–water partition coefficient (Wildman–Crippen LogP) is 2.78. The highest BCUT2D eigenvalue weighted by Crippen LogP contribution is 2.26. The predicted molar refractivity (Wildman–Crippen MR) is 106 cm³/mol. The minimum absolute atomic E-state index is 0.0625. The number of likely N-dealkylation sites (tertiary alicyclic amines) is 1. The van der Waals surface area contributed by atoms with E-state index >= 15 is 0 Å².